The molecular weight excluding hydrogens is 184 g/mol. The van der Waals surface area contributed by atoms with Crippen molar-refractivity contribution in [2.75, 3.05) is 0 Å². The highest BCUT2D eigenvalue weighted by atomic mass is 32.1. The minimum Gasteiger partial charge on any atom is -0.426 e. The van der Waals surface area contributed by atoms with Gasteiger partial charge in [-0.05, 0) is 12.2 Å². The molecule has 0 aliphatic carbocycles. The summed E-state index contributed by atoms with van der Waals surface area (Å²) in [6.07, 6.45) is 1.68. The molecule has 0 atom stereocenters. The lowest BCUT2D eigenvalue weighted by Gasteiger charge is -1.98. The van der Waals surface area contributed by atoms with E-state index < -0.39 is 0 Å². The van der Waals surface area contributed by atoms with Gasteiger partial charge in [-0.3, -0.25) is 0 Å². The Morgan fingerprint density at radius 1 is 1.23 bits per heavy atom. The fraction of sp³-hybridized carbons (Fsp3) is 0. The van der Waals surface area contributed by atoms with E-state index in [0.717, 1.165) is 10.3 Å². The average molecular weight is 192 g/mol. The van der Waals surface area contributed by atoms with Crippen LogP contribution in [0, 0.1) is 4.77 Å². The lowest BCUT2D eigenvalue weighted by Crippen LogP contribution is -1.92. The zero-order valence-electron chi connectivity index (χ0n) is 6.77. The van der Waals surface area contributed by atoms with Gasteiger partial charge in [0.2, 0.25) is 4.77 Å². The molecule has 1 aromatic heterocycles. The number of imidazole rings is 1. The maximum Gasteiger partial charge on any atom is 0.212 e. The summed E-state index contributed by atoms with van der Waals surface area (Å²) in [6, 6.07) is 9.55. The summed E-state index contributed by atoms with van der Waals surface area (Å²) in [5.41, 5.74) is 1.60. The molecule has 0 unspecified atom stereocenters. The number of aromatic nitrogens is 2. The fourth-order valence-electron chi connectivity index (χ4n) is 1.18. The van der Waals surface area contributed by atoms with Crippen molar-refractivity contribution in [3.05, 3.63) is 41.3 Å². The summed E-state index contributed by atoms with van der Waals surface area (Å²) in [6.45, 7) is 0. The van der Waals surface area contributed by atoms with Gasteiger partial charge in [0.1, 0.15) is 5.69 Å². The molecular formula is C9H8N2OS. The Morgan fingerprint density at radius 3 is 2.46 bits per heavy atom. The van der Waals surface area contributed by atoms with E-state index in [-0.39, 0.29) is 0 Å². The van der Waals surface area contributed by atoms with E-state index >= 15 is 0 Å². The summed E-state index contributed by atoms with van der Waals surface area (Å²) in [5.74, 6) is 0. The molecule has 0 bridgehead atoms. The molecule has 0 radical (unpaired) electrons. The van der Waals surface area contributed by atoms with Gasteiger partial charge in [0.15, 0.2) is 0 Å². The van der Waals surface area contributed by atoms with Gasteiger partial charge in [-0.2, -0.15) is 4.73 Å². The summed E-state index contributed by atoms with van der Waals surface area (Å²) < 4.78 is 1.27. The van der Waals surface area contributed by atoms with Crippen molar-refractivity contribution in [2.24, 2.45) is 0 Å². The molecule has 0 saturated heterocycles. The zero-order valence-corrected chi connectivity index (χ0v) is 7.58. The van der Waals surface area contributed by atoms with E-state index in [4.69, 9.17) is 12.2 Å². The zero-order chi connectivity index (χ0) is 9.26. The van der Waals surface area contributed by atoms with Crippen LogP contribution in [-0.2, 0) is 0 Å². The maximum absolute atomic E-state index is 9.47. The van der Waals surface area contributed by atoms with E-state index in [2.05, 4.69) is 4.98 Å². The van der Waals surface area contributed by atoms with Crippen molar-refractivity contribution in [1.82, 2.24) is 9.71 Å². The first-order valence-electron chi connectivity index (χ1n) is 3.84. The van der Waals surface area contributed by atoms with Crippen LogP contribution in [-0.4, -0.2) is 14.9 Å². The van der Waals surface area contributed by atoms with Gasteiger partial charge in [-0.25, -0.2) is 0 Å². The number of nitrogens with zero attached hydrogens (tertiary/aromatic N) is 1. The molecule has 1 heterocycles. The van der Waals surface area contributed by atoms with Crippen LogP contribution < -0.4 is 0 Å². The first-order chi connectivity index (χ1) is 6.29. The van der Waals surface area contributed by atoms with Crippen LogP contribution in [0.15, 0.2) is 36.5 Å². The van der Waals surface area contributed by atoms with E-state index in [1.165, 1.54) is 0 Å². The molecule has 66 valence electrons. The van der Waals surface area contributed by atoms with Crippen molar-refractivity contribution in [1.29, 1.82) is 0 Å². The number of benzene rings is 1. The molecule has 0 saturated carbocycles. The monoisotopic (exact) mass is 192 g/mol. The van der Waals surface area contributed by atoms with Crippen LogP contribution in [0.1, 0.15) is 0 Å². The SMILES string of the molecule is On1c(-c2ccccc2)c[nH]c1=S. The van der Waals surface area contributed by atoms with Crippen LogP contribution in [0.4, 0.5) is 0 Å². The van der Waals surface area contributed by atoms with Crippen molar-refractivity contribution < 1.29 is 5.21 Å². The predicted octanol–water partition coefficient (Wildman–Crippen LogP) is 2.45. The maximum atomic E-state index is 9.47. The molecule has 2 rings (SSSR count). The minimum atomic E-state index is 0.304. The minimum absolute atomic E-state index is 0.304. The second kappa shape index (κ2) is 3.06. The number of hydrogen-bond donors (Lipinski definition) is 2. The molecule has 0 fully saturated rings. The summed E-state index contributed by atoms with van der Waals surface area (Å²) in [7, 11) is 0. The highest BCUT2D eigenvalue weighted by Gasteiger charge is 2.03. The number of H-pyrrole nitrogens is 1. The smallest absolute Gasteiger partial charge is 0.212 e. The van der Waals surface area contributed by atoms with Crippen molar-refractivity contribution in [3.8, 4) is 11.3 Å². The Morgan fingerprint density at radius 2 is 1.92 bits per heavy atom. The van der Waals surface area contributed by atoms with Crippen molar-refractivity contribution in [3.63, 3.8) is 0 Å². The Labute approximate surface area is 80.2 Å². The molecule has 13 heavy (non-hydrogen) atoms. The summed E-state index contributed by atoms with van der Waals surface area (Å²) >= 11 is 4.83. The molecule has 4 heteroatoms. The van der Waals surface area contributed by atoms with Gasteiger partial charge in [-0.1, -0.05) is 30.3 Å². The van der Waals surface area contributed by atoms with Gasteiger partial charge in [0, 0.05) is 11.8 Å². The standard InChI is InChI=1S/C9H8N2OS/c12-11-8(6-10-9(11)13)7-4-2-1-3-5-7/h1-6,12H,(H,10,13). The van der Waals surface area contributed by atoms with E-state index in [1.807, 2.05) is 30.3 Å². The van der Waals surface area contributed by atoms with Crippen LogP contribution in [0.3, 0.4) is 0 Å². The van der Waals surface area contributed by atoms with E-state index in [0.29, 0.717) is 10.5 Å². The molecule has 3 nitrogen and oxygen atoms in total. The number of hydrogen-bond acceptors (Lipinski definition) is 2. The largest absolute Gasteiger partial charge is 0.426 e. The quantitative estimate of drug-likeness (QED) is 0.538. The van der Waals surface area contributed by atoms with Crippen LogP contribution >= 0.6 is 12.2 Å². The number of rotatable bonds is 1. The van der Waals surface area contributed by atoms with E-state index in [1.54, 1.807) is 6.20 Å². The van der Waals surface area contributed by atoms with Gasteiger partial charge in [0.05, 0.1) is 0 Å². The first kappa shape index (κ1) is 8.07. The van der Waals surface area contributed by atoms with Crippen LogP contribution in [0.5, 0.6) is 0 Å². The molecule has 0 aliphatic rings. The Balaban J connectivity index is 2.60. The molecule has 2 aromatic rings. The van der Waals surface area contributed by atoms with Gasteiger partial charge in [-0.15, -0.1) is 0 Å². The third kappa shape index (κ3) is 1.36. The normalized spacial score (nSPS) is 10.2. The van der Waals surface area contributed by atoms with Gasteiger partial charge >= 0.3 is 0 Å². The second-order valence-electron chi connectivity index (χ2n) is 2.66. The van der Waals surface area contributed by atoms with Crippen LogP contribution in [0.25, 0.3) is 11.3 Å². The topological polar surface area (TPSA) is 41.0 Å². The summed E-state index contributed by atoms with van der Waals surface area (Å²) in [5, 5.41) is 9.47. The highest BCUT2D eigenvalue weighted by Crippen LogP contribution is 2.17. The molecule has 1 aromatic carbocycles. The third-order valence-electron chi connectivity index (χ3n) is 1.82. The van der Waals surface area contributed by atoms with Crippen LogP contribution in [0.2, 0.25) is 0 Å². The van der Waals surface area contributed by atoms with E-state index in [9.17, 15) is 5.21 Å². The molecule has 2 N–H and O–H groups in total. The molecule has 0 aliphatic heterocycles. The van der Waals surface area contributed by atoms with Crippen molar-refractivity contribution >= 4 is 12.2 Å². The first-order valence-corrected chi connectivity index (χ1v) is 4.25. The lowest BCUT2D eigenvalue weighted by atomic mass is 10.2. The fourth-order valence-corrected chi connectivity index (χ4v) is 1.33. The second-order valence-corrected chi connectivity index (χ2v) is 3.04. The Hall–Kier alpha value is -1.55. The summed E-state index contributed by atoms with van der Waals surface area (Å²) in [4.78, 5) is 2.76. The highest BCUT2D eigenvalue weighted by molar-refractivity contribution is 7.71. The number of aromatic amines is 1. The molecule has 0 amide bonds. The lowest BCUT2D eigenvalue weighted by molar-refractivity contribution is 0.186. The molecule has 0 spiro atoms. The third-order valence-corrected chi connectivity index (χ3v) is 2.11. The Kier molecular flexibility index (Phi) is 1.90. The number of nitrogens with one attached hydrogen (secondary N) is 1. The van der Waals surface area contributed by atoms with Gasteiger partial charge in [0.25, 0.3) is 0 Å². The Bertz CT molecular complexity index is 458. The van der Waals surface area contributed by atoms with Gasteiger partial charge < -0.3 is 10.2 Å². The van der Waals surface area contributed by atoms with Crippen molar-refractivity contribution in [2.45, 2.75) is 0 Å². The predicted molar refractivity (Wildman–Crippen MR) is 52.2 cm³/mol. The average Bonchev–Trinajstić information content (AvgIpc) is 2.49.